The molecule has 0 aliphatic carbocycles. The van der Waals surface area contributed by atoms with Gasteiger partial charge in [-0.3, -0.25) is 4.57 Å². The number of methoxy groups -OCH3 is 1. The first-order valence-electron chi connectivity index (χ1n) is 10.9. The van der Waals surface area contributed by atoms with Gasteiger partial charge < -0.3 is 14.8 Å². The summed E-state index contributed by atoms with van der Waals surface area (Å²) in [7, 11) is 1.55. The van der Waals surface area contributed by atoms with Crippen LogP contribution in [0, 0.1) is 25.2 Å². The van der Waals surface area contributed by atoms with Crippen LogP contribution in [0.15, 0.2) is 48.8 Å². The van der Waals surface area contributed by atoms with Gasteiger partial charge in [-0.2, -0.15) is 19.1 Å². The first kappa shape index (κ1) is 23.6. The molecule has 4 heterocycles. The lowest BCUT2D eigenvalue weighted by molar-refractivity contribution is -0.0530. The molecule has 37 heavy (non-hydrogen) atoms. The van der Waals surface area contributed by atoms with Crippen molar-refractivity contribution in [1.82, 2.24) is 34.5 Å². The fourth-order valence-corrected chi connectivity index (χ4v) is 3.72. The maximum absolute atomic E-state index is 12.7. The predicted octanol–water partition coefficient (Wildman–Crippen LogP) is 4.24. The van der Waals surface area contributed by atoms with Gasteiger partial charge in [0.1, 0.15) is 24.0 Å². The van der Waals surface area contributed by atoms with Gasteiger partial charge in [-0.05, 0) is 44.2 Å². The third-order valence-corrected chi connectivity index (χ3v) is 5.43. The normalized spacial score (nSPS) is 11.1. The Morgan fingerprint density at radius 3 is 2.62 bits per heavy atom. The molecule has 1 aromatic carbocycles. The van der Waals surface area contributed by atoms with Gasteiger partial charge in [0, 0.05) is 17.8 Å². The molecule has 0 aliphatic rings. The Morgan fingerprint density at radius 2 is 1.92 bits per heavy atom. The quantitative estimate of drug-likeness (QED) is 0.347. The van der Waals surface area contributed by atoms with Crippen LogP contribution in [0.5, 0.6) is 11.6 Å². The summed E-state index contributed by atoms with van der Waals surface area (Å²) in [5, 5.41) is 25.0. The SMILES string of the molecule is COc1cc2c(cc1Nc1ccc(C)nn1)ncn2-c1ccc(C#N)c(-n2nc(OC(F)F)cc2C)n1. The smallest absolute Gasteiger partial charge is 0.388 e. The van der Waals surface area contributed by atoms with Crippen molar-refractivity contribution in [2.45, 2.75) is 20.5 Å². The molecule has 0 bridgehead atoms. The van der Waals surface area contributed by atoms with Gasteiger partial charge in [0.05, 0.1) is 35.1 Å². The lowest BCUT2D eigenvalue weighted by atomic mass is 10.2. The number of imidazole rings is 1. The van der Waals surface area contributed by atoms with E-state index in [1.807, 2.05) is 25.1 Å². The number of halogens is 2. The van der Waals surface area contributed by atoms with Crippen molar-refractivity contribution in [2.24, 2.45) is 0 Å². The minimum absolute atomic E-state index is 0.159. The zero-order valence-electron chi connectivity index (χ0n) is 19.8. The Labute approximate surface area is 208 Å². The highest BCUT2D eigenvalue weighted by Crippen LogP contribution is 2.33. The van der Waals surface area contributed by atoms with E-state index >= 15 is 0 Å². The maximum atomic E-state index is 12.7. The molecule has 0 aliphatic heterocycles. The minimum atomic E-state index is -3.03. The summed E-state index contributed by atoms with van der Waals surface area (Å²) in [4.78, 5) is 9.08. The zero-order valence-corrected chi connectivity index (χ0v) is 19.8. The number of fused-ring (bicyclic) bond motifs is 1. The van der Waals surface area contributed by atoms with Crippen molar-refractivity contribution in [1.29, 1.82) is 5.26 Å². The van der Waals surface area contributed by atoms with E-state index in [1.54, 1.807) is 43.1 Å². The number of anilines is 2. The highest BCUT2D eigenvalue weighted by Gasteiger charge is 2.18. The number of alkyl halides is 2. The van der Waals surface area contributed by atoms with Crippen LogP contribution in [0.1, 0.15) is 17.0 Å². The fraction of sp³-hybridized carbons (Fsp3) is 0.167. The van der Waals surface area contributed by atoms with Crippen LogP contribution in [-0.4, -0.2) is 48.2 Å². The molecular formula is C24H19F2N9O2. The van der Waals surface area contributed by atoms with E-state index in [1.165, 1.54) is 10.7 Å². The first-order chi connectivity index (χ1) is 17.9. The largest absolute Gasteiger partial charge is 0.494 e. The average molecular weight is 503 g/mol. The van der Waals surface area contributed by atoms with E-state index in [4.69, 9.17) is 4.74 Å². The Hall–Kier alpha value is -5.12. The summed E-state index contributed by atoms with van der Waals surface area (Å²) in [5.74, 6) is 1.38. The summed E-state index contributed by atoms with van der Waals surface area (Å²) in [6.45, 7) is 0.468. The van der Waals surface area contributed by atoms with E-state index in [2.05, 4.69) is 41.4 Å². The van der Waals surface area contributed by atoms with Crippen LogP contribution in [0.2, 0.25) is 0 Å². The summed E-state index contributed by atoms with van der Waals surface area (Å²) in [6.07, 6.45) is 1.58. The monoisotopic (exact) mass is 503 g/mol. The van der Waals surface area contributed by atoms with Gasteiger partial charge in [-0.25, -0.2) is 14.6 Å². The van der Waals surface area contributed by atoms with Crippen molar-refractivity contribution in [2.75, 3.05) is 12.4 Å². The number of benzene rings is 1. The average Bonchev–Trinajstić information content (AvgIpc) is 3.46. The third-order valence-electron chi connectivity index (χ3n) is 5.43. The molecular weight excluding hydrogens is 484 g/mol. The molecule has 11 nitrogen and oxygen atoms in total. The van der Waals surface area contributed by atoms with Gasteiger partial charge in [-0.15, -0.1) is 10.2 Å². The molecule has 0 saturated heterocycles. The van der Waals surface area contributed by atoms with Crippen molar-refractivity contribution >= 4 is 22.5 Å². The lowest BCUT2D eigenvalue weighted by Crippen LogP contribution is -2.09. The number of nitriles is 1. The van der Waals surface area contributed by atoms with E-state index in [0.29, 0.717) is 39.8 Å². The number of aryl methyl sites for hydroxylation is 2. The molecule has 0 amide bonds. The van der Waals surface area contributed by atoms with Gasteiger partial charge in [0.15, 0.2) is 11.6 Å². The molecule has 5 rings (SSSR count). The van der Waals surface area contributed by atoms with Gasteiger partial charge in [0.25, 0.3) is 0 Å². The third kappa shape index (κ3) is 4.59. The predicted molar refractivity (Wildman–Crippen MR) is 129 cm³/mol. The van der Waals surface area contributed by atoms with Crippen LogP contribution in [0.25, 0.3) is 22.7 Å². The maximum Gasteiger partial charge on any atom is 0.388 e. The first-order valence-corrected chi connectivity index (χ1v) is 10.9. The number of rotatable bonds is 7. The number of hydrogen-bond donors (Lipinski definition) is 1. The van der Waals surface area contributed by atoms with Gasteiger partial charge in [-0.1, -0.05) is 0 Å². The summed E-state index contributed by atoms with van der Waals surface area (Å²) in [5.41, 5.74) is 3.42. The Balaban J connectivity index is 1.56. The summed E-state index contributed by atoms with van der Waals surface area (Å²) < 4.78 is 38.3. The van der Waals surface area contributed by atoms with Gasteiger partial charge >= 0.3 is 6.61 Å². The van der Waals surface area contributed by atoms with Crippen molar-refractivity contribution in [3.05, 3.63) is 65.7 Å². The molecule has 0 spiro atoms. The second-order valence-corrected chi connectivity index (χ2v) is 7.91. The van der Waals surface area contributed by atoms with Gasteiger partial charge in [0.2, 0.25) is 5.88 Å². The number of aromatic nitrogens is 7. The molecule has 13 heteroatoms. The lowest BCUT2D eigenvalue weighted by Gasteiger charge is -2.12. The van der Waals surface area contributed by atoms with Crippen LogP contribution < -0.4 is 14.8 Å². The molecule has 0 atom stereocenters. The summed E-state index contributed by atoms with van der Waals surface area (Å²) >= 11 is 0. The molecule has 4 aromatic heterocycles. The Morgan fingerprint density at radius 1 is 1.08 bits per heavy atom. The molecule has 0 unspecified atom stereocenters. The van der Waals surface area contributed by atoms with E-state index in [0.717, 1.165) is 5.69 Å². The van der Waals surface area contributed by atoms with Crippen LogP contribution in [0.3, 0.4) is 0 Å². The number of hydrogen-bond acceptors (Lipinski definition) is 9. The van der Waals surface area contributed by atoms with E-state index < -0.39 is 6.61 Å². The van der Waals surface area contributed by atoms with Crippen molar-refractivity contribution in [3.63, 3.8) is 0 Å². The highest BCUT2D eigenvalue weighted by molar-refractivity contribution is 5.85. The molecule has 1 N–H and O–H groups in total. The molecule has 0 saturated carbocycles. The molecule has 0 radical (unpaired) electrons. The second-order valence-electron chi connectivity index (χ2n) is 7.91. The molecule has 186 valence electrons. The number of ether oxygens (including phenoxy) is 2. The molecule has 0 fully saturated rings. The summed E-state index contributed by atoms with van der Waals surface area (Å²) in [6, 6.07) is 13.9. The topological polar surface area (TPSA) is 129 Å². The fourth-order valence-electron chi connectivity index (χ4n) is 3.72. The number of nitrogens with one attached hydrogen (secondary N) is 1. The highest BCUT2D eigenvalue weighted by atomic mass is 19.3. The van der Waals surface area contributed by atoms with Crippen LogP contribution >= 0.6 is 0 Å². The standard InChI is InChI=1S/C24H19F2N9O2/c1-13-4-6-20(32-31-13)29-17-9-16-18(10-19(17)36-3)34(12-28-16)21-7-5-15(11-27)23(30-21)35-14(2)8-22(33-35)37-24(25)26/h4-10,12,24H,1-3H3,(H,29,32). The van der Waals surface area contributed by atoms with Crippen LogP contribution in [-0.2, 0) is 0 Å². The second kappa shape index (κ2) is 9.50. The van der Waals surface area contributed by atoms with Crippen molar-refractivity contribution < 1.29 is 18.3 Å². The Bertz CT molecular complexity index is 1640. The van der Waals surface area contributed by atoms with Crippen LogP contribution in [0.4, 0.5) is 20.3 Å². The van der Waals surface area contributed by atoms with E-state index in [-0.39, 0.29) is 17.3 Å². The number of nitrogens with zero attached hydrogens (tertiary/aromatic N) is 8. The van der Waals surface area contributed by atoms with Crippen molar-refractivity contribution in [3.8, 4) is 29.3 Å². The zero-order chi connectivity index (χ0) is 26.1. The number of pyridine rings is 1. The Kier molecular flexibility index (Phi) is 6.06. The molecule has 5 aromatic rings. The van der Waals surface area contributed by atoms with E-state index in [9.17, 15) is 14.0 Å². The minimum Gasteiger partial charge on any atom is -0.494 e.